The number of carbonyl (C=O) groups excluding carboxylic acids is 2. The van der Waals surface area contributed by atoms with Crippen molar-refractivity contribution >= 4 is 23.6 Å². The maximum absolute atomic E-state index is 12.2. The second-order valence-corrected chi connectivity index (χ2v) is 9.03. The van der Waals surface area contributed by atoms with Gasteiger partial charge in [-0.05, 0) is 32.1 Å². The van der Waals surface area contributed by atoms with Crippen molar-refractivity contribution in [3.05, 3.63) is 0 Å². The monoisotopic (exact) mass is 338 g/mol. The number of ether oxygens (including phenoxy) is 1. The average Bonchev–Trinajstić information content (AvgIpc) is 3.10. The first kappa shape index (κ1) is 15.8. The van der Waals surface area contributed by atoms with Crippen molar-refractivity contribution in [2.45, 2.75) is 49.4 Å². The first-order valence-electron chi connectivity index (χ1n) is 8.97. The van der Waals surface area contributed by atoms with E-state index in [1.807, 2.05) is 21.6 Å². The minimum atomic E-state index is 0.142. The topological polar surface area (TPSA) is 49.9 Å². The molecule has 6 heteroatoms. The van der Waals surface area contributed by atoms with Crippen LogP contribution in [0, 0.1) is 5.92 Å². The van der Waals surface area contributed by atoms with Crippen molar-refractivity contribution in [1.29, 1.82) is 0 Å². The van der Waals surface area contributed by atoms with E-state index in [-0.39, 0.29) is 23.4 Å². The van der Waals surface area contributed by atoms with Crippen LogP contribution in [-0.4, -0.2) is 71.0 Å². The van der Waals surface area contributed by atoms with Crippen LogP contribution in [0.4, 0.5) is 0 Å². The molecule has 3 saturated heterocycles. The molecule has 23 heavy (non-hydrogen) atoms. The zero-order chi connectivity index (χ0) is 15.9. The highest BCUT2D eigenvalue weighted by molar-refractivity contribution is 8.01. The van der Waals surface area contributed by atoms with E-state index in [1.54, 1.807) is 0 Å². The van der Waals surface area contributed by atoms with Crippen LogP contribution in [0.25, 0.3) is 0 Å². The normalized spacial score (nSPS) is 29.7. The highest BCUT2D eigenvalue weighted by atomic mass is 32.2. The number of likely N-dealkylation sites (tertiary alicyclic amines) is 2. The Bertz CT molecular complexity index is 482. The molecule has 1 unspecified atom stereocenters. The molecule has 1 aliphatic carbocycles. The third kappa shape index (κ3) is 3.12. The molecule has 1 spiro atoms. The molecule has 0 aromatic rings. The second-order valence-electron chi connectivity index (χ2n) is 7.54. The summed E-state index contributed by atoms with van der Waals surface area (Å²) in [5.41, 5.74) is 0. The van der Waals surface area contributed by atoms with Crippen molar-refractivity contribution in [3.63, 3.8) is 0 Å². The molecule has 1 atom stereocenters. The zero-order valence-corrected chi connectivity index (χ0v) is 14.5. The van der Waals surface area contributed by atoms with Gasteiger partial charge in [-0.25, -0.2) is 0 Å². The maximum Gasteiger partial charge on any atom is 0.248 e. The molecule has 0 bridgehead atoms. The predicted octanol–water partition coefficient (Wildman–Crippen LogP) is 1.51. The van der Waals surface area contributed by atoms with Crippen LogP contribution in [0.5, 0.6) is 0 Å². The van der Waals surface area contributed by atoms with Crippen molar-refractivity contribution in [3.8, 4) is 0 Å². The van der Waals surface area contributed by atoms with Crippen LogP contribution in [0.3, 0.4) is 0 Å². The fourth-order valence-electron chi connectivity index (χ4n) is 4.10. The van der Waals surface area contributed by atoms with Gasteiger partial charge >= 0.3 is 0 Å². The van der Waals surface area contributed by atoms with E-state index in [9.17, 15) is 9.59 Å². The quantitative estimate of drug-likeness (QED) is 0.780. The van der Waals surface area contributed by atoms with Gasteiger partial charge in [0.1, 0.15) is 6.61 Å². The molecule has 4 aliphatic rings. The first-order chi connectivity index (χ1) is 11.2. The van der Waals surface area contributed by atoms with Gasteiger partial charge in [0.2, 0.25) is 11.8 Å². The highest BCUT2D eigenvalue weighted by Gasteiger charge is 2.52. The lowest BCUT2D eigenvalue weighted by atomic mass is 9.82. The van der Waals surface area contributed by atoms with Gasteiger partial charge in [-0.3, -0.25) is 9.59 Å². The summed E-state index contributed by atoms with van der Waals surface area (Å²) in [6.07, 6.45) is 6.79. The van der Waals surface area contributed by atoms with Gasteiger partial charge in [0.25, 0.3) is 0 Å². The Morgan fingerprint density at radius 1 is 1.09 bits per heavy atom. The largest absolute Gasteiger partial charge is 0.367 e. The molecule has 4 fully saturated rings. The zero-order valence-electron chi connectivity index (χ0n) is 13.7. The molecule has 128 valence electrons. The molecule has 2 amide bonds. The number of amides is 2. The Morgan fingerprint density at radius 2 is 1.83 bits per heavy atom. The molecule has 0 aromatic heterocycles. The third-order valence-corrected chi connectivity index (χ3v) is 7.38. The van der Waals surface area contributed by atoms with Crippen molar-refractivity contribution in [2.24, 2.45) is 5.92 Å². The molecular weight excluding hydrogens is 312 g/mol. The van der Waals surface area contributed by atoms with E-state index in [1.165, 1.54) is 6.42 Å². The summed E-state index contributed by atoms with van der Waals surface area (Å²) in [7, 11) is 0. The molecule has 0 N–H and O–H groups in total. The smallest absolute Gasteiger partial charge is 0.248 e. The average molecular weight is 338 g/mol. The molecular formula is C17H26N2O3S. The van der Waals surface area contributed by atoms with Gasteiger partial charge in [0.15, 0.2) is 0 Å². The van der Waals surface area contributed by atoms with E-state index >= 15 is 0 Å². The lowest BCUT2D eigenvalue weighted by Crippen LogP contribution is -2.62. The lowest BCUT2D eigenvalue weighted by Gasteiger charge is -2.49. The molecule has 3 heterocycles. The van der Waals surface area contributed by atoms with E-state index in [2.05, 4.69) is 0 Å². The number of carbonyl (C=O) groups is 2. The fraction of sp³-hybridized carbons (Fsp3) is 0.882. The summed E-state index contributed by atoms with van der Waals surface area (Å²) in [5.74, 6) is 1.78. The van der Waals surface area contributed by atoms with Crippen molar-refractivity contribution in [2.75, 3.05) is 38.5 Å². The number of hydrogen-bond donors (Lipinski definition) is 0. The van der Waals surface area contributed by atoms with Crippen LogP contribution in [-0.2, 0) is 14.3 Å². The fourth-order valence-corrected chi connectivity index (χ4v) is 5.65. The standard InChI is InChI=1S/C17H26N2O3S/c20-15(18-6-1-2-7-18)9-22-14-8-17(23-10-14)11-19(12-17)16(21)13-4-3-5-13/h13-14H,1-12H2. The van der Waals surface area contributed by atoms with Gasteiger partial charge in [-0.2, -0.15) is 0 Å². The minimum Gasteiger partial charge on any atom is -0.367 e. The molecule has 3 aliphatic heterocycles. The number of hydrogen-bond acceptors (Lipinski definition) is 4. The Kier molecular flexibility index (Phi) is 4.30. The second kappa shape index (κ2) is 6.28. The highest BCUT2D eigenvalue weighted by Crippen LogP contribution is 2.47. The summed E-state index contributed by atoms with van der Waals surface area (Å²) < 4.78 is 6.08. The van der Waals surface area contributed by atoms with E-state index in [4.69, 9.17) is 4.74 Å². The van der Waals surface area contributed by atoms with Crippen LogP contribution in [0.2, 0.25) is 0 Å². The maximum atomic E-state index is 12.2. The van der Waals surface area contributed by atoms with Gasteiger partial charge in [0, 0.05) is 37.8 Å². The molecule has 5 nitrogen and oxygen atoms in total. The summed E-state index contributed by atoms with van der Waals surface area (Å²) in [5, 5.41) is 0. The van der Waals surface area contributed by atoms with E-state index < -0.39 is 0 Å². The molecule has 4 rings (SSSR count). The van der Waals surface area contributed by atoms with E-state index in [0.717, 1.165) is 64.0 Å². The van der Waals surface area contributed by atoms with Gasteiger partial charge in [-0.1, -0.05) is 6.42 Å². The summed E-state index contributed by atoms with van der Waals surface area (Å²) in [6, 6.07) is 0. The Hall–Kier alpha value is -0.750. The summed E-state index contributed by atoms with van der Waals surface area (Å²) >= 11 is 1.94. The van der Waals surface area contributed by atoms with Crippen LogP contribution < -0.4 is 0 Å². The van der Waals surface area contributed by atoms with Gasteiger partial charge in [-0.15, -0.1) is 11.8 Å². The predicted molar refractivity (Wildman–Crippen MR) is 89.3 cm³/mol. The van der Waals surface area contributed by atoms with Crippen LogP contribution >= 0.6 is 11.8 Å². The van der Waals surface area contributed by atoms with Crippen molar-refractivity contribution in [1.82, 2.24) is 9.80 Å². The van der Waals surface area contributed by atoms with Gasteiger partial charge in [0.05, 0.1) is 10.9 Å². The number of rotatable bonds is 4. The Labute approximate surface area is 142 Å². The lowest BCUT2D eigenvalue weighted by molar-refractivity contribution is -0.144. The van der Waals surface area contributed by atoms with Crippen LogP contribution in [0.15, 0.2) is 0 Å². The summed E-state index contributed by atoms with van der Waals surface area (Å²) in [6.45, 7) is 3.78. The Morgan fingerprint density at radius 3 is 2.48 bits per heavy atom. The van der Waals surface area contributed by atoms with Gasteiger partial charge < -0.3 is 14.5 Å². The minimum absolute atomic E-state index is 0.142. The molecule has 0 radical (unpaired) electrons. The first-order valence-corrected chi connectivity index (χ1v) is 9.96. The number of thioether (sulfide) groups is 1. The van der Waals surface area contributed by atoms with Crippen molar-refractivity contribution < 1.29 is 14.3 Å². The van der Waals surface area contributed by atoms with E-state index in [0.29, 0.717) is 11.8 Å². The number of nitrogens with zero attached hydrogens (tertiary/aromatic N) is 2. The Balaban J connectivity index is 1.19. The summed E-state index contributed by atoms with van der Waals surface area (Å²) in [4.78, 5) is 28.2. The van der Waals surface area contributed by atoms with Crippen LogP contribution in [0.1, 0.15) is 38.5 Å². The third-order valence-electron chi connectivity index (χ3n) is 5.80. The molecule has 1 saturated carbocycles. The SMILES string of the molecule is O=C(COC1CSC2(C1)CN(C(=O)C1CCC1)C2)N1CCCC1. The molecule has 0 aromatic carbocycles.